The predicted molar refractivity (Wildman–Crippen MR) is 72.7 cm³/mol. The van der Waals surface area contributed by atoms with Gasteiger partial charge in [-0.05, 0) is 25.5 Å². The highest BCUT2D eigenvalue weighted by Gasteiger charge is 2.08. The Bertz CT molecular complexity index is 479. The van der Waals surface area contributed by atoms with E-state index in [1.807, 2.05) is 36.3 Å². The molecule has 2 atom stereocenters. The standard InChI is InChI=1S/C13H21N5O/c1-11-6-16-18(8-11)9-12(2)14-7-13(19)10-17-5-3-4-15-17/h3-6,8,12-14,19H,7,9-10H2,1-2H3/t12-,13-/m0/s1. The number of aliphatic hydroxyl groups is 1. The smallest absolute Gasteiger partial charge is 0.0860 e. The molecule has 19 heavy (non-hydrogen) atoms. The Morgan fingerprint density at radius 2 is 2.16 bits per heavy atom. The van der Waals surface area contributed by atoms with Crippen LogP contribution in [0.15, 0.2) is 30.9 Å². The van der Waals surface area contributed by atoms with Crippen molar-refractivity contribution < 1.29 is 5.11 Å². The molecule has 0 aliphatic carbocycles. The summed E-state index contributed by atoms with van der Waals surface area (Å²) in [4.78, 5) is 0. The number of hydrogen-bond acceptors (Lipinski definition) is 4. The van der Waals surface area contributed by atoms with Gasteiger partial charge in [-0.1, -0.05) is 0 Å². The van der Waals surface area contributed by atoms with E-state index in [0.717, 1.165) is 12.1 Å². The molecule has 0 spiro atoms. The molecule has 0 amide bonds. The Balaban J connectivity index is 1.69. The molecule has 2 aromatic heterocycles. The normalized spacial score (nSPS) is 14.5. The van der Waals surface area contributed by atoms with Gasteiger partial charge in [0.1, 0.15) is 0 Å². The van der Waals surface area contributed by atoms with E-state index in [9.17, 15) is 5.11 Å². The molecule has 2 heterocycles. The molecular formula is C13H21N5O. The zero-order valence-electron chi connectivity index (χ0n) is 11.4. The Hall–Kier alpha value is -1.66. The summed E-state index contributed by atoms with van der Waals surface area (Å²) in [5, 5.41) is 21.5. The van der Waals surface area contributed by atoms with Gasteiger partial charge in [-0.15, -0.1) is 0 Å². The maximum atomic E-state index is 9.89. The fourth-order valence-electron chi connectivity index (χ4n) is 1.94. The molecule has 0 aliphatic rings. The van der Waals surface area contributed by atoms with E-state index in [0.29, 0.717) is 13.1 Å². The van der Waals surface area contributed by atoms with Crippen LogP contribution in [0.2, 0.25) is 0 Å². The molecule has 2 aromatic rings. The van der Waals surface area contributed by atoms with Crippen LogP contribution in [-0.2, 0) is 13.1 Å². The summed E-state index contributed by atoms with van der Waals surface area (Å²) in [6, 6.07) is 2.11. The third-order valence-corrected chi connectivity index (χ3v) is 2.88. The van der Waals surface area contributed by atoms with E-state index < -0.39 is 6.10 Å². The van der Waals surface area contributed by atoms with Gasteiger partial charge >= 0.3 is 0 Å². The average molecular weight is 263 g/mol. The van der Waals surface area contributed by atoms with Crippen LogP contribution in [0.5, 0.6) is 0 Å². The third-order valence-electron chi connectivity index (χ3n) is 2.88. The largest absolute Gasteiger partial charge is 0.390 e. The van der Waals surface area contributed by atoms with Crippen LogP contribution in [0, 0.1) is 6.92 Å². The highest BCUT2D eigenvalue weighted by atomic mass is 16.3. The first-order chi connectivity index (χ1) is 9.13. The van der Waals surface area contributed by atoms with Gasteiger partial charge in [0.2, 0.25) is 0 Å². The number of nitrogens with zero attached hydrogens (tertiary/aromatic N) is 4. The van der Waals surface area contributed by atoms with E-state index in [1.54, 1.807) is 10.9 Å². The van der Waals surface area contributed by atoms with Gasteiger partial charge in [0, 0.05) is 31.2 Å². The summed E-state index contributed by atoms with van der Waals surface area (Å²) in [6.07, 6.45) is 6.97. The first kappa shape index (κ1) is 13.8. The number of hydrogen-bond donors (Lipinski definition) is 2. The molecule has 0 aliphatic heterocycles. The zero-order valence-corrected chi connectivity index (χ0v) is 11.4. The highest BCUT2D eigenvalue weighted by Crippen LogP contribution is 1.97. The van der Waals surface area contributed by atoms with Crippen molar-refractivity contribution in [3.63, 3.8) is 0 Å². The predicted octanol–water partition coefficient (Wildman–Crippen LogP) is 0.427. The maximum absolute atomic E-state index is 9.89. The monoisotopic (exact) mass is 263 g/mol. The van der Waals surface area contributed by atoms with Crippen molar-refractivity contribution in [2.24, 2.45) is 0 Å². The lowest BCUT2D eigenvalue weighted by molar-refractivity contribution is 0.142. The van der Waals surface area contributed by atoms with Gasteiger partial charge in [0.15, 0.2) is 0 Å². The molecule has 0 fully saturated rings. The molecule has 0 saturated heterocycles. The van der Waals surface area contributed by atoms with Gasteiger partial charge in [0.25, 0.3) is 0 Å². The maximum Gasteiger partial charge on any atom is 0.0860 e. The molecule has 104 valence electrons. The van der Waals surface area contributed by atoms with E-state index in [1.165, 1.54) is 0 Å². The van der Waals surface area contributed by atoms with Crippen molar-refractivity contribution in [1.82, 2.24) is 24.9 Å². The second-order valence-corrected chi connectivity index (χ2v) is 4.93. The zero-order chi connectivity index (χ0) is 13.7. The summed E-state index contributed by atoms with van der Waals surface area (Å²) < 4.78 is 3.64. The fourth-order valence-corrected chi connectivity index (χ4v) is 1.94. The molecule has 0 unspecified atom stereocenters. The minimum absolute atomic E-state index is 0.256. The van der Waals surface area contributed by atoms with Crippen LogP contribution < -0.4 is 5.32 Å². The van der Waals surface area contributed by atoms with Crippen molar-refractivity contribution in [3.05, 3.63) is 36.4 Å². The van der Waals surface area contributed by atoms with Crippen molar-refractivity contribution in [2.45, 2.75) is 39.1 Å². The van der Waals surface area contributed by atoms with E-state index in [-0.39, 0.29) is 6.04 Å². The molecule has 2 rings (SSSR count). The topological polar surface area (TPSA) is 67.9 Å². The Morgan fingerprint density at radius 3 is 2.79 bits per heavy atom. The van der Waals surface area contributed by atoms with Gasteiger partial charge in [-0.25, -0.2) is 0 Å². The molecule has 0 radical (unpaired) electrons. The lowest BCUT2D eigenvalue weighted by Crippen LogP contribution is -2.38. The van der Waals surface area contributed by atoms with E-state index >= 15 is 0 Å². The van der Waals surface area contributed by atoms with Gasteiger partial charge < -0.3 is 10.4 Å². The minimum atomic E-state index is -0.443. The fraction of sp³-hybridized carbons (Fsp3) is 0.538. The molecule has 6 nitrogen and oxygen atoms in total. The summed E-state index contributed by atoms with van der Waals surface area (Å²) >= 11 is 0. The van der Waals surface area contributed by atoms with Crippen LogP contribution >= 0.6 is 0 Å². The van der Waals surface area contributed by atoms with Crippen molar-refractivity contribution in [3.8, 4) is 0 Å². The number of aliphatic hydroxyl groups excluding tert-OH is 1. The second kappa shape index (κ2) is 6.49. The van der Waals surface area contributed by atoms with Crippen molar-refractivity contribution >= 4 is 0 Å². The Morgan fingerprint density at radius 1 is 1.32 bits per heavy atom. The van der Waals surface area contributed by atoms with Crippen LogP contribution in [0.3, 0.4) is 0 Å². The van der Waals surface area contributed by atoms with Gasteiger partial charge in [0.05, 0.1) is 25.4 Å². The van der Waals surface area contributed by atoms with E-state index in [4.69, 9.17) is 0 Å². The molecule has 6 heteroatoms. The van der Waals surface area contributed by atoms with Crippen molar-refractivity contribution in [1.29, 1.82) is 0 Å². The highest BCUT2D eigenvalue weighted by molar-refractivity contribution is 4.99. The summed E-state index contributed by atoms with van der Waals surface area (Å²) in [6.45, 7) is 5.95. The first-order valence-electron chi connectivity index (χ1n) is 6.51. The lowest BCUT2D eigenvalue weighted by atomic mass is 10.3. The molecular weight excluding hydrogens is 242 g/mol. The summed E-state index contributed by atoms with van der Waals surface area (Å²) in [7, 11) is 0. The Kier molecular flexibility index (Phi) is 4.70. The number of rotatable bonds is 7. The SMILES string of the molecule is Cc1cnn(C[C@H](C)NC[C@H](O)Cn2cccn2)c1. The Labute approximate surface area is 113 Å². The van der Waals surface area contributed by atoms with Crippen LogP contribution in [0.1, 0.15) is 12.5 Å². The molecule has 0 bridgehead atoms. The molecule has 0 saturated carbocycles. The third kappa shape index (κ3) is 4.50. The first-order valence-corrected chi connectivity index (χ1v) is 6.51. The molecule has 2 N–H and O–H groups in total. The average Bonchev–Trinajstić information content (AvgIpc) is 2.99. The van der Waals surface area contributed by atoms with Crippen molar-refractivity contribution in [2.75, 3.05) is 6.54 Å². The number of nitrogens with one attached hydrogen (secondary N) is 1. The quantitative estimate of drug-likeness (QED) is 0.760. The molecule has 0 aromatic carbocycles. The lowest BCUT2D eigenvalue weighted by Gasteiger charge is -2.17. The van der Waals surface area contributed by atoms with Gasteiger partial charge in [-0.3, -0.25) is 9.36 Å². The summed E-state index contributed by atoms with van der Waals surface area (Å²) in [5.41, 5.74) is 1.16. The summed E-state index contributed by atoms with van der Waals surface area (Å²) in [5.74, 6) is 0. The van der Waals surface area contributed by atoms with Crippen LogP contribution in [0.25, 0.3) is 0 Å². The van der Waals surface area contributed by atoms with Crippen LogP contribution in [-0.4, -0.2) is 43.4 Å². The van der Waals surface area contributed by atoms with Gasteiger partial charge in [-0.2, -0.15) is 10.2 Å². The number of aryl methyl sites for hydroxylation is 1. The van der Waals surface area contributed by atoms with Crippen LogP contribution in [0.4, 0.5) is 0 Å². The number of aromatic nitrogens is 4. The second-order valence-electron chi connectivity index (χ2n) is 4.93. The minimum Gasteiger partial charge on any atom is -0.390 e. The van der Waals surface area contributed by atoms with E-state index in [2.05, 4.69) is 22.4 Å².